The number of para-hydroxylation sites is 1. The summed E-state index contributed by atoms with van der Waals surface area (Å²) in [6.45, 7) is 0.605. The highest BCUT2D eigenvalue weighted by atomic mass is 32.2. The van der Waals surface area contributed by atoms with Gasteiger partial charge in [-0.05, 0) is 60.8 Å². The summed E-state index contributed by atoms with van der Waals surface area (Å²) in [6.07, 6.45) is -3.31. The molecule has 0 radical (unpaired) electrons. The molecule has 38 heavy (non-hydrogen) atoms. The summed E-state index contributed by atoms with van der Waals surface area (Å²) in [7, 11) is -4.38. The van der Waals surface area contributed by atoms with E-state index in [0.717, 1.165) is 36.8 Å². The molecule has 3 aromatic carbocycles. The summed E-state index contributed by atoms with van der Waals surface area (Å²) >= 11 is 0. The highest BCUT2D eigenvalue weighted by molar-refractivity contribution is 7.91. The zero-order chi connectivity index (χ0) is 27.1. The number of rotatable bonds is 6. The molecule has 6 nitrogen and oxygen atoms in total. The molecule has 1 saturated heterocycles. The lowest BCUT2D eigenvalue weighted by molar-refractivity contribution is -0.137. The molecular formula is C27H22F4N2O4S. The van der Waals surface area contributed by atoms with E-state index in [-0.39, 0.29) is 21.8 Å². The number of sulfone groups is 1. The van der Waals surface area contributed by atoms with Crippen molar-refractivity contribution in [2.45, 2.75) is 35.5 Å². The van der Waals surface area contributed by atoms with Crippen molar-refractivity contribution in [3.8, 4) is 11.1 Å². The van der Waals surface area contributed by atoms with E-state index in [1.807, 2.05) is 0 Å². The van der Waals surface area contributed by atoms with Crippen molar-refractivity contribution in [2.24, 2.45) is 0 Å². The molecule has 4 aromatic rings. The Morgan fingerprint density at radius 3 is 2.42 bits per heavy atom. The fourth-order valence-electron chi connectivity index (χ4n) is 4.46. The molecule has 0 aliphatic carbocycles. The van der Waals surface area contributed by atoms with Crippen molar-refractivity contribution in [2.75, 3.05) is 6.54 Å². The molecule has 0 bridgehead atoms. The van der Waals surface area contributed by atoms with E-state index in [2.05, 4.69) is 10.6 Å². The van der Waals surface area contributed by atoms with E-state index in [0.29, 0.717) is 23.9 Å². The number of nitrogens with one attached hydrogen (secondary N) is 2. The second-order valence-electron chi connectivity index (χ2n) is 9.00. The third-order valence-corrected chi connectivity index (χ3v) is 8.23. The first-order chi connectivity index (χ1) is 18.0. The van der Waals surface area contributed by atoms with Crippen LogP contribution in [-0.2, 0) is 20.8 Å². The van der Waals surface area contributed by atoms with Crippen molar-refractivity contribution in [3.63, 3.8) is 0 Å². The van der Waals surface area contributed by atoms with Crippen LogP contribution in [0.5, 0.6) is 0 Å². The number of carbonyl (C=O) groups excluding carboxylic acids is 1. The second-order valence-corrected chi connectivity index (χ2v) is 11.0. The predicted octanol–water partition coefficient (Wildman–Crippen LogP) is 5.60. The number of fused-ring (bicyclic) bond motifs is 1. The molecule has 1 fully saturated rings. The van der Waals surface area contributed by atoms with E-state index in [1.54, 1.807) is 24.3 Å². The number of hydrogen-bond donors (Lipinski definition) is 2. The fourth-order valence-corrected chi connectivity index (χ4v) is 5.96. The number of alkyl halides is 3. The molecule has 11 heteroatoms. The first-order valence-corrected chi connectivity index (χ1v) is 13.3. The average molecular weight is 547 g/mol. The zero-order valence-corrected chi connectivity index (χ0v) is 20.6. The van der Waals surface area contributed by atoms with Gasteiger partial charge in [-0.3, -0.25) is 4.79 Å². The molecule has 1 aliphatic heterocycles. The number of benzene rings is 3. The summed E-state index contributed by atoms with van der Waals surface area (Å²) < 4.78 is 87.0. The van der Waals surface area contributed by atoms with Crippen molar-refractivity contribution in [1.29, 1.82) is 0 Å². The molecule has 2 heterocycles. The Balaban J connectivity index is 1.58. The first-order valence-electron chi connectivity index (χ1n) is 11.8. The summed E-state index contributed by atoms with van der Waals surface area (Å²) in [5, 5.41) is 4.08. The smallest absolute Gasteiger partial charge is 0.416 e. The molecule has 0 saturated carbocycles. The largest absolute Gasteiger partial charge is 0.445 e. The van der Waals surface area contributed by atoms with Crippen LogP contribution in [0.25, 0.3) is 22.1 Å². The predicted molar refractivity (Wildman–Crippen MR) is 132 cm³/mol. The normalized spacial score (nSPS) is 17.0. The molecule has 2 N–H and O–H groups in total. The number of halogens is 4. The van der Waals surface area contributed by atoms with Crippen molar-refractivity contribution < 1.29 is 35.2 Å². The molecule has 1 amide bonds. The number of hydrogen-bond acceptors (Lipinski definition) is 5. The Kier molecular flexibility index (Phi) is 6.74. The SMILES string of the molecule is O=C(N[C@H](c1ccc(F)c(-c2ccc(C(F)(F)F)cc2)c1)S(=O)(=O)c1cc2ccccc2o1)C1CCCN1. The van der Waals surface area contributed by atoms with Gasteiger partial charge in [-0.25, -0.2) is 12.8 Å². The van der Waals surface area contributed by atoms with E-state index in [1.165, 1.54) is 18.2 Å². The van der Waals surface area contributed by atoms with Crippen LogP contribution in [0.3, 0.4) is 0 Å². The molecule has 0 spiro atoms. The fraction of sp³-hybridized carbons (Fsp3) is 0.222. The van der Waals surface area contributed by atoms with E-state index >= 15 is 0 Å². The topological polar surface area (TPSA) is 88.4 Å². The van der Waals surface area contributed by atoms with Crippen LogP contribution < -0.4 is 10.6 Å². The standard InChI is InChI=1S/C27H22F4N2O4S/c28-21-12-9-18(14-20(21)16-7-10-19(11-8-16)27(29,30)31)26(33-25(34)22-5-3-13-32-22)38(35,36)24-15-17-4-1-2-6-23(17)37-24/h1-2,4,6-12,14-15,22,26,32H,3,5,13H2,(H,33,34)/t22?,26-/m0/s1. The molecule has 1 aromatic heterocycles. The molecule has 1 aliphatic rings. The molecule has 198 valence electrons. The third-order valence-electron chi connectivity index (χ3n) is 6.46. The van der Waals surface area contributed by atoms with E-state index < -0.39 is 44.7 Å². The highest BCUT2D eigenvalue weighted by Gasteiger charge is 2.36. The van der Waals surface area contributed by atoms with Crippen molar-refractivity contribution >= 4 is 26.7 Å². The molecule has 1 unspecified atom stereocenters. The van der Waals surface area contributed by atoms with Crippen molar-refractivity contribution in [3.05, 3.63) is 89.7 Å². The lowest BCUT2D eigenvalue weighted by Crippen LogP contribution is -2.44. The van der Waals surface area contributed by atoms with Crippen LogP contribution >= 0.6 is 0 Å². The number of carbonyl (C=O) groups is 1. The molecular weight excluding hydrogens is 524 g/mol. The van der Waals surface area contributed by atoms with Crippen LogP contribution in [0.15, 0.2) is 82.3 Å². The minimum absolute atomic E-state index is 0.0214. The van der Waals surface area contributed by atoms with Gasteiger partial charge in [-0.15, -0.1) is 0 Å². The van der Waals surface area contributed by atoms with Gasteiger partial charge in [0.05, 0.1) is 11.6 Å². The number of furan rings is 1. The Morgan fingerprint density at radius 2 is 1.76 bits per heavy atom. The monoisotopic (exact) mass is 546 g/mol. The highest BCUT2D eigenvalue weighted by Crippen LogP contribution is 2.35. The van der Waals surface area contributed by atoms with Crippen LogP contribution in [0, 0.1) is 5.82 Å². The minimum atomic E-state index is -4.57. The van der Waals surface area contributed by atoms with Crippen LogP contribution in [-0.4, -0.2) is 26.9 Å². The van der Waals surface area contributed by atoms with Gasteiger partial charge >= 0.3 is 6.18 Å². The second kappa shape index (κ2) is 9.88. The summed E-state index contributed by atoms with van der Waals surface area (Å²) in [5.41, 5.74) is -0.555. The Labute approximate surface area is 215 Å². The van der Waals surface area contributed by atoms with Gasteiger partial charge in [0.15, 0.2) is 5.37 Å². The van der Waals surface area contributed by atoms with Crippen LogP contribution in [0.2, 0.25) is 0 Å². The van der Waals surface area contributed by atoms with Crippen LogP contribution in [0.4, 0.5) is 17.6 Å². The molecule has 2 atom stereocenters. The van der Waals surface area contributed by atoms with Gasteiger partial charge in [0.1, 0.15) is 11.4 Å². The Bertz CT molecular complexity index is 1560. The van der Waals surface area contributed by atoms with Gasteiger partial charge in [0.2, 0.25) is 20.8 Å². The first kappa shape index (κ1) is 25.9. The summed E-state index contributed by atoms with van der Waals surface area (Å²) in [6, 6.07) is 14.7. The minimum Gasteiger partial charge on any atom is -0.445 e. The van der Waals surface area contributed by atoms with E-state index in [9.17, 15) is 30.8 Å². The van der Waals surface area contributed by atoms with Crippen LogP contribution in [0.1, 0.15) is 29.3 Å². The summed E-state index contributed by atoms with van der Waals surface area (Å²) in [4.78, 5) is 13.0. The zero-order valence-electron chi connectivity index (χ0n) is 19.8. The lowest BCUT2D eigenvalue weighted by Gasteiger charge is -2.21. The van der Waals surface area contributed by atoms with Gasteiger partial charge < -0.3 is 15.1 Å². The van der Waals surface area contributed by atoms with Gasteiger partial charge in [0, 0.05) is 17.0 Å². The van der Waals surface area contributed by atoms with Gasteiger partial charge in [-0.2, -0.15) is 13.2 Å². The maximum absolute atomic E-state index is 14.8. The molecule has 5 rings (SSSR count). The van der Waals surface area contributed by atoms with Gasteiger partial charge in [0.25, 0.3) is 0 Å². The lowest BCUT2D eigenvalue weighted by atomic mass is 10.0. The van der Waals surface area contributed by atoms with Crippen molar-refractivity contribution in [1.82, 2.24) is 10.6 Å². The van der Waals surface area contributed by atoms with Gasteiger partial charge in [-0.1, -0.05) is 36.4 Å². The number of amides is 1. The third kappa shape index (κ3) is 5.03. The maximum Gasteiger partial charge on any atom is 0.416 e. The Morgan fingerprint density at radius 1 is 1.03 bits per heavy atom. The Hall–Kier alpha value is -3.70. The maximum atomic E-state index is 14.8. The quantitative estimate of drug-likeness (QED) is 0.308. The summed E-state index contributed by atoms with van der Waals surface area (Å²) in [5.74, 6) is -1.32. The average Bonchev–Trinajstić information content (AvgIpc) is 3.58. The van der Waals surface area contributed by atoms with E-state index in [4.69, 9.17) is 4.42 Å².